The lowest BCUT2D eigenvalue weighted by Gasteiger charge is -2.19. The molecule has 4 nitrogen and oxygen atoms in total. The molecule has 0 aromatic heterocycles. The number of carbonyl (C=O) groups is 1. The highest BCUT2D eigenvalue weighted by Crippen LogP contribution is 2.16. The van der Waals surface area contributed by atoms with E-state index in [0.29, 0.717) is 12.7 Å². The zero-order chi connectivity index (χ0) is 14.3. The predicted octanol–water partition coefficient (Wildman–Crippen LogP) is 1.92. The van der Waals surface area contributed by atoms with Crippen LogP contribution in [0.3, 0.4) is 0 Å². The van der Waals surface area contributed by atoms with Crippen molar-refractivity contribution in [3.05, 3.63) is 48.2 Å². The van der Waals surface area contributed by atoms with Gasteiger partial charge < -0.3 is 4.79 Å². The Bertz CT molecular complexity index is 569. The first-order valence-corrected chi connectivity index (χ1v) is 7.31. The first-order chi connectivity index (χ1) is 9.02. The Morgan fingerprint density at radius 3 is 2.47 bits per heavy atom. The summed E-state index contributed by atoms with van der Waals surface area (Å²) in [5, 5.41) is 0. The monoisotopic (exact) mass is 279 g/mol. The third-order valence-corrected chi connectivity index (χ3v) is 4.48. The number of sulfonamides is 1. The Balaban J connectivity index is 3.01. The number of rotatable bonds is 7. The quantitative estimate of drug-likeness (QED) is 0.566. The van der Waals surface area contributed by atoms with Gasteiger partial charge in [0.05, 0.1) is 11.4 Å². The lowest BCUT2D eigenvalue weighted by atomic mass is 10.2. The highest BCUT2D eigenvalue weighted by atomic mass is 32.2. The van der Waals surface area contributed by atoms with Gasteiger partial charge in [0.25, 0.3) is 0 Å². The van der Waals surface area contributed by atoms with Crippen LogP contribution in [0, 0.1) is 6.92 Å². The number of carbonyl (C=O) groups excluding carboxylic acids is 1. The normalized spacial score (nSPS) is 11.1. The van der Waals surface area contributed by atoms with Gasteiger partial charge in [-0.3, -0.25) is 0 Å². The van der Waals surface area contributed by atoms with E-state index in [4.69, 9.17) is 0 Å². The molecule has 0 N–H and O–H groups in total. The molecule has 0 saturated heterocycles. The van der Waals surface area contributed by atoms with E-state index < -0.39 is 10.0 Å². The minimum absolute atomic E-state index is 0.152. The van der Waals surface area contributed by atoms with Crippen LogP contribution in [0.1, 0.15) is 12.0 Å². The summed E-state index contributed by atoms with van der Waals surface area (Å²) in [6.45, 7) is 5.38. The highest BCUT2D eigenvalue weighted by Gasteiger charge is 2.23. The van der Waals surface area contributed by atoms with Gasteiger partial charge in [-0.05, 0) is 31.6 Å². The van der Waals surface area contributed by atoms with Gasteiger partial charge in [0, 0.05) is 6.54 Å². The maximum atomic E-state index is 12.3. The molecule has 1 aromatic rings. The molecule has 0 fully saturated rings. The Kier molecular flexibility index (Phi) is 5.70. The number of aldehydes is 1. The first-order valence-electron chi connectivity index (χ1n) is 5.87. The van der Waals surface area contributed by atoms with Crippen molar-refractivity contribution >= 4 is 16.3 Å². The molecule has 102 valence electrons. The van der Waals surface area contributed by atoms with Crippen LogP contribution in [-0.2, 0) is 14.8 Å². The van der Waals surface area contributed by atoms with Crippen molar-refractivity contribution in [3.8, 4) is 0 Å². The van der Waals surface area contributed by atoms with Crippen LogP contribution in [0.2, 0.25) is 0 Å². The zero-order valence-electron chi connectivity index (χ0n) is 10.9. The fraction of sp³-hybridized carbons (Fsp3) is 0.286. The summed E-state index contributed by atoms with van der Waals surface area (Å²) >= 11 is 0. The van der Waals surface area contributed by atoms with Crippen LogP contribution in [0.4, 0.5) is 0 Å². The van der Waals surface area contributed by atoms with Crippen molar-refractivity contribution in [2.24, 2.45) is 0 Å². The van der Waals surface area contributed by atoms with E-state index in [9.17, 15) is 13.2 Å². The smallest absolute Gasteiger partial charge is 0.243 e. The van der Waals surface area contributed by atoms with Crippen LogP contribution in [0.5, 0.6) is 0 Å². The molecule has 1 aromatic carbocycles. The standard InChI is InChI=1S/C14H17NO3S/c1-3-4-5-10-15(11-12-16)19(17,18)14-8-6-13(2)7-9-14/h4,6-9,12H,1,5,10-11H2,2H3. The van der Waals surface area contributed by atoms with Crippen molar-refractivity contribution < 1.29 is 13.2 Å². The molecule has 19 heavy (non-hydrogen) atoms. The van der Waals surface area contributed by atoms with Crippen molar-refractivity contribution in [1.82, 2.24) is 4.31 Å². The molecule has 5 heteroatoms. The zero-order valence-corrected chi connectivity index (χ0v) is 11.7. The summed E-state index contributed by atoms with van der Waals surface area (Å²) < 4.78 is 25.8. The topological polar surface area (TPSA) is 54.5 Å². The molecule has 0 radical (unpaired) electrons. The SMILES string of the molecule is C=C=CCCN(CC=O)S(=O)(=O)c1ccc(C)cc1. The molecule has 0 amide bonds. The molecule has 0 heterocycles. The van der Waals surface area contributed by atoms with E-state index >= 15 is 0 Å². The predicted molar refractivity (Wildman–Crippen MR) is 74.3 cm³/mol. The Morgan fingerprint density at radius 2 is 1.95 bits per heavy atom. The van der Waals surface area contributed by atoms with Crippen LogP contribution in [0.25, 0.3) is 0 Å². The number of hydrogen-bond acceptors (Lipinski definition) is 3. The fourth-order valence-corrected chi connectivity index (χ4v) is 2.94. The van der Waals surface area contributed by atoms with Gasteiger partial charge in [-0.1, -0.05) is 24.3 Å². The molecule has 0 aliphatic rings. The molecule has 0 saturated carbocycles. The van der Waals surface area contributed by atoms with Crippen molar-refractivity contribution in [1.29, 1.82) is 0 Å². The van der Waals surface area contributed by atoms with Gasteiger partial charge in [-0.15, -0.1) is 5.73 Å². The van der Waals surface area contributed by atoms with Gasteiger partial charge in [-0.25, -0.2) is 8.42 Å². The van der Waals surface area contributed by atoms with Gasteiger partial charge in [0.1, 0.15) is 6.29 Å². The van der Waals surface area contributed by atoms with E-state index in [1.54, 1.807) is 30.3 Å². The van der Waals surface area contributed by atoms with Crippen LogP contribution in [0.15, 0.2) is 47.5 Å². The third-order valence-electron chi connectivity index (χ3n) is 2.60. The highest BCUT2D eigenvalue weighted by molar-refractivity contribution is 7.89. The molecule has 0 atom stereocenters. The van der Waals surface area contributed by atoms with Crippen LogP contribution >= 0.6 is 0 Å². The maximum absolute atomic E-state index is 12.3. The lowest BCUT2D eigenvalue weighted by Crippen LogP contribution is -2.33. The average molecular weight is 279 g/mol. The number of aryl methyl sites for hydroxylation is 1. The fourth-order valence-electron chi connectivity index (χ4n) is 1.56. The van der Waals surface area contributed by atoms with Crippen molar-refractivity contribution in [2.45, 2.75) is 18.2 Å². The summed E-state index contributed by atoms with van der Waals surface area (Å²) in [6.07, 6.45) is 2.70. The second-order valence-electron chi connectivity index (χ2n) is 4.04. The van der Waals surface area contributed by atoms with Crippen molar-refractivity contribution in [2.75, 3.05) is 13.1 Å². The molecule has 0 aliphatic heterocycles. The Labute approximate surface area is 114 Å². The molecule has 0 bridgehead atoms. The minimum atomic E-state index is -3.63. The summed E-state index contributed by atoms with van der Waals surface area (Å²) in [5.74, 6) is 0. The molecule has 0 spiro atoms. The van der Waals surface area contributed by atoms with Gasteiger partial charge in [0.2, 0.25) is 10.0 Å². The second kappa shape index (κ2) is 7.04. The summed E-state index contributed by atoms with van der Waals surface area (Å²) in [7, 11) is -3.63. The Hall–Kier alpha value is -1.68. The van der Waals surface area contributed by atoms with E-state index in [-0.39, 0.29) is 18.0 Å². The molecular weight excluding hydrogens is 262 g/mol. The molecule has 0 unspecified atom stereocenters. The van der Waals surface area contributed by atoms with E-state index in [2.05, 4.69) is 12.3 Å². The number of benzene rings is 1. The molecular formula is C14H17NO3S. The second-order valence-corrected chi connectivity index (χ2v) is 5.98. The maximum Gasteiger partial charge on any atom is 0.243 e. The Morgan fingerprint density at radius 1 is 1.32 bits per heavy atom. The minimum Gasteiger partial charge on any atom is -0.302 e. The largest absolute Gasteiger partial charge is 0.302 e. The van der Waals surface area contributed by atoms with E-state index in [1.807, 2.05) is 6.92 Å². The van der Waals surface area contributed by atoms with E-state index in [1.165, 1.54) is 0 Å². The number of nitrogens with zero attached hydrogens (tertiary/aromatic N) is 1. The van der Waals surface area contributed by atoms with Gasteiger partial charge >= 0.3 is 0 Å². The van der Waals surface area contributed by atoms with Gasteiger partial charge in [-0.2, -0.15) is 4.31 Å². The summed E-state index contributed by atoms with van der Waals surface area (Å²) in [6, 6.07) is 6.56. The molecule has 0 aliphatic carbocycles. The lowest BCUT2D eigenvalue weighted by molar-refractivity contribution is -0.108. The van der Waals surface area contributed by atoms with Gasteiger partial charge in [0.15, 0.2) is 0 Å². The van der Waals surface area contributed by atoms with E-state index in [0.717, 1.165) is 9.87 Å². The third kappa shape index (κ3) is 4.17. The first kappa shape index (κ1) is 15.4. The summed E-state index contributed by atoms with van der Waals surface area (Å²) in [5.41, 5.74) is 3.56. The summed E-state index contributed by atoms with van der Waals surface area (Å²) in [4.78, 5) is 10.8. The molecule has 1 rings (SSSR count). The van der Waals surface area contributed by atoms with Crippen LogP contribution in [-0.4, -0.2) is 32.1 Å². The number of hydrogen-bond donors (Lipinski definition) is 0. The van der Waals surface area contributed by atoms with Crippen LogP contribution < -0.4 is 0 Å². The average Bonchev–Trinajstić information content (AvgIpc) is 2.38. The van der Waals surface area contributed by atoms with Crippen molar-refractivity contribution in [3.63, 3.8) is 0 Å².